The molecule has 1 aromatic heterocycles. The molecular formula is C27H27N3O. The number of amides is 1. The fourth-order valence-corrected chi connectivity index (χ4v) is 4.69. The minimum absolute atomic E-state index is 0.0737. The summed E-state index contributed by atoms with van der Waals surface area (Å²) in [4.78, 5) is 19.9. The Morgan fingerprint density at radius 1 is 0.935 bits per heavy atom. The van der Waals surface area contributed by atoms with Gasteiger partial charge in [-0.2, -0.15) is 0 Å². The number of fused-ring (bicyclic) bond motifs is 1. The Morgan fingerprint density at radius 2 is 1.71 bits per heavy atom. The van der Waals surface area contributed by atoms with Crippen LogP contribution in [0.1, 0.15) is 40.4 Å². The lowest BCUT2D eigenvalue weighted by molar-refractivity contribution is -0.117. The molecule has 1 aliphatic heterocycles. The molecule has 0 unspecified atom stereocenters. The van der Waals surface area contributed by atoms with E-state index in [4.69, 9.17) is 4.98 Å². The predicted octanol–water partition coefficient (Wildman–Crippen LogP) is 5.53. The van der Waals surface area contributed by atoms with Gasteiger partial charge in [0.15, 0.2) is 0 Å². The number of rotatable bonds is 4. The molecule has 0 saturated carbocycles. The molecule has 4 nitrogen and oxygen atoms in total. The monoisotopic (exact) mass is 409 g/mol. The standard InChI is InChI=1S/C27H27N3O/c1-18-12-13-19(2)21(14-18)16-30-25-11-7-5-9-23(25)28-27(30)22-15-26(31)29(17-22)24-10-6-4-8-20(24)3/h4-14,22H,15-17H2,1-3H3/t22-/m1/s1. The Bertz CT molecular complexity index is 1290. The predicted molar refractivity (Wildman–Crippen MR) is 126 cm³/mol. The van der Waals surface area contributed by atoms with E-state index in [1.54, 1.807) is 0 Å². The molecule has 0 N–H and O–H groups in total. The number of aryl methyl sites for hydroxylation is 3. The highest BCUT2D eigenvalue weighted by molar-refractivity contribution is 5.97. The summed E-state index contributed by atoms with van der Waals surface area (Å²) in [5.41, 5.74) is 8.08. The molecule has 0 radical (unpaired) electrons. The molecular weight excluding hydrogens is 382 g/mol. The van der Waals surface area contributed by atoms with Gasteiger partial charge in [0.2, 0.25) is 5.91 Å². The molecule has 1 atom stereocenters. The third kappa shape index (κ3) is 3.52. The third-order valence-electron chi connectivity index (χ3n) is 6.41. The van der Waals surface area contributed by atoms with E-state index in [9.17, 15) is 4.79 Å². The number of hydrogen-bond donors (Lipinski definition) is 0. The lowest BCUT2D eigenvalue weighted by Crippen LogP contribution is -2.25. The maximum Gasteiger partial charge on any atom is 0.227 e. The van der Waals surface area contributed by atoms with Gasteiger partial charge in [-0.25, -0.2) is 4.98 Å². The van der Waals surface area contributed by atoms with Gasteiger partial charge in [-0.05, 0) is 55.7 Å². The smallest absolute Gasteiger partial charge is 0.227 e. The summed E-state index contributed by atoms with van der Waals surface area (Å²) in [5.74, 6) is 1.25. The summed E-state index contributed by atoms with van der Waals surface area (Å²) in [6, 6.07) is 23.0. The summed E-state index contributed by atoms with van der Waals surface area (Å²) in [5, 5.41) is 0. The van der Waals surface area contributed by atoms with Gasteiger partial charge >= 0.3 is 0 Å². The fraction of sp³-hybridized carbons (Fsp3) is 0.259. The van der Waals surface area contributed by atoms with Gasteiger partial charge in [-0.3, -0.25) is 4.79 Å². The largest absolute Gasteiger partial charge is 0.323 e. The summed E-state index contributed by atoms with van der Waals surface area (Å²) in [6.07, 6.45) is 0.491. The molecule has 4 aromatic rings. The van der Waals surface area contributed by atoms with E-state index >= 15 is 0 Å². The molecule has 1 amide bonds. The highest BCUT2D eigenvalue weighted by Crippen LogP contribution is 2.34. The number of imidazole rings is 1. The highest BCUT2D eigenvalue weighted by atomic mass is 16.2. The number of para-hydroxylation sites is 3. The first-order valence-electron chi connectivity index (χ1n) is 10.9. The number of carbonyl (C=O) groups is 1. The molecule has 2 heterocycles. The molecule has 0 aliphatic carbocycles. The van der Waals surface area contributed by atoms with E-state index in [2.05, 4.69) is 67.8 Å². The molecule has 5 rings (SSSR count). The second-order valence-corrected chi connectivity index (χ2v) is 8.67. The van der Waals surface area contributed by atoms with Crippen molar-refractivity contribution in [3.63, 3.8) is 0 Å². The highest BCUT2D eigenvalue weighted by Gasteiger charge is 2.35. The Hall–Kier alpha value is -3.40. The van der Waals surface area contributed by atoms with Crippen LogP contribution in [0.15, 0.2) is 66.7 Å². The Labute approximate surface area is 183 Å². The Balaban J connectivity index is 1.56. The van der Waals surface area contributed by atoms with E-state index in [-0.39, 0.29) is 11.8 Å². The van der Waals surface area contributed by atoms with Crippen LogP contribution in [0.4, 0.5) is 5.69 Å². The van der Waals surface area contributed by atoms with Crippen molar-refractivity contribution >= 4 is 22.6 Å². The summed E-state index contributed by atoms with van der Waals surface area (Å²) >= 11 is 0. The molecule has 31 heavy (non-hydrogen) atoms. The van der Waals surface area contributed by atoms with Gasteiger partial charge in [0.25, 0.3) is 0 Å². The minimum Gasteiger partial charge on any atom is -0.323 e. The van der Waals surface area contributed by atoms with Crippen LogP contribution in [0.5, 0.6) is 0 Å². The second kappa shape index (κ2) is 7.69. The zero-order valence-electron chi connectivity index (χ0n) is 18.3. The van der Waals surface area contributed by atoms with Crippen LogP contribution >= 0.6 is 0 Å². The van der Waals surface area contributed by atoms with E-state index in [0.29, 0.717) is 13.0 Å². The van der Waals surface area contributed by atoms with E-state index in [0.717, 1.165) is 34.7 Å². The number of benzene rings is 3. The third-order valence-corrected chi connectivity index (χ3v) is 6.41. The van der Waals surface area contributed by atoms with Crippen molar-refractivity contribution in [1.82, 2.24) is 9.55 Å². The molecule has 3 aromatic carbocycles. The van der Waals surface area contributed by atoms with E-state index in [1.807, 2.05) is 29.2 Å². The maximum atomic E-state index is 13.0. The minimum atomic E-state index is 0.0737. The topological polar surface area (TPSA) is 38.1 Å². The number of aromatic nitrogens is 2. The second-order valence-electron chi connectivity index (χ2n) is 8.67. The van der Waals surface area contributed by atoms with Gasteiger partial charge in [-0.1, -0.05) is 54.1 Å². The fourth-order valence-electron chi connectivity index (χ4n) is 4.69. The maximum absolute atomic E-state index is 13.0. The molecule has 0 spiro atoms. The average Bonchev–Trinajstić information content (AvgIpc) is 3.32. The Kier molecular flexibility index (Phi) is 4.85. The molecule has 0 bridgehead atoms. The van der Waals surface area contributed by atoms with Crippen molar-refractivity contribution in [1.29, 1.82) is 0 Å². The zero-order valence-corrected chi connectivity index (χ0v) is 18.3. The summed E-state index contributed by atoms with van der Waals surface area (Å²) < 4.78 is 2.32. The normalized spacial score (nSPS) is 16.4. The quantitative estimate of drug-likeness (QED) is 0.444. The van der Waals surface area contributed by atoms with Gasteiger partial charge in [0.05, 0.1) is 11.0 Å². The lowest BCUT2D eigenvalue weighted by Gasteiger charge is -2.19. The zero-order chi connectivity index (χ0) is 21.5. The number of hydrogen-bond acceptors (Lipinski definition) is 2. The molecule has 156 valence electrons. The van der Waals surface area contributed by atoms with Gasteiger partial charge < -0.3 is 9.47 Å². The first-order chi connectivity index (χ1) is 15.0. The summed E-state index contributed by atoms with van der Waals surface area (Å²) in [7, 11) is 0. The van der Waals surface area contributed by atoms with E-state index < -0.39 is 0 Å². The van der Waals surface area contributed by atoms with Crippen LogP contribution in [0.2, 0.25) is 0 Å². The van der Waals surface area contributed by atoms with Crippen molar-refractivity contribution < 1.29 is 4.79 Å². The lowest BCUT2D eigenvalue weighted by atomic mass is 10.0. The number of nitrogens with zero attached hydrogens (tertiary/aromatic N) is 3. The van der Waals surface area contributed by atoms with E-state index in [1.165, 1.54) is 16.7 Å². The van der Waals surface area contributed by atoms with Crippen molar-refractivity contribution in [2.45, 2.75) is 39.7 Å². The van der Waals surface area contributed by atoms with Gasteiger partial charge in [0, 0.05) is 31.1 Å². The number of carbonyl (C=O) groups excluding carboxylic acids is 1. The van der Waals surface area contributed by atoms with Crippen molar-refractivity contribution in [3.05, 3.63) is 94.8 Å². The van der Waals surface area contributed by atoms with Crippen molar-refractivity contribution in [3.8, 4) is 0 Å². The SMILES string of the molecule is Cc1ccc(C)c(Cn2c([C@@H]3CC(=O)N(c4ccccc4C)C3)nc3ccccc32)c1. The van der Waals surface area contributed by atoms with Crippen LogP contribution in [-0.4, -0.2) is 22.0 Å². The van der Waals surface area contributed by atoms with Gasteiger partial charge in [-0.15, -0.1) is 0 Å². The first kappa shape index (κ1) is 19.6. The van der Waals surface area contributed by atoms with Crippen LogP contribution in [0.25, 0.3) is 11.0 Å². The van der Waals surface area contributed by atoms with Crippen LogP contribution in [-0.2, 0) is 11.3 Å². The van der Waals surface area contributed by atoms with Crippen molar-refractivity contribution in [2.75, 3.05) is 11.4 Å². The van der Waals surface area contributed by atoms with Gasteiger partial charge in [0.1, 0.15) is 5.82 Å². The van der Waals surface area contributed by atoms with Crippen LogP contribution in [0, 0.1) is 20.8 Å². The summed E-state index contributed by atoms with van der Waals surface area (Å²) in [6.45, 7) is 7.78. The molecule has 1 saturated heterocycles. The molecule has 1 fully saturated rings. The average molecular weight is 410 g/mol. The van der Waals surface area contributed by atoms with Crippen LogP contribution < -0.4 is 4.90 Å². The first-order valence-corrected chi connectivity index (χ1v) is 10.9. The Morgan fingerprint density at radius 3 is 2.55 bits per heavy atom. The number of anilines is 1. The van der Waals surface area contributed by atoms with Crippen LogP contribution in [0.3, 0.4) is 0 Å². The molecule has 4 heteroatoms. The van der Waals surface area contributed by atoms with Crippen molar-refractivity contribution in [2.24, 2.45) is 0 Å². The molecule has 1 aliphatic rings.